The molecule has 0 radical (unpaired) electrons. The van der Waals surface area contributed by atoms with Crippen molar-refractivity contribution in [2.75, 3.05) is 40.0 Å². The molecule has 2 fully saturated rings. The summed E-state index contributed by atoms with van der Waals surface area (Å²) in [7, 11) is 1.74. The van der Waals surface area contributed by atoms with E-state index in [0.717, 1.165) is 58.1 Å². The first-order valence-electron chi connectivity index (χ1n) is 8.00. The van der Waals surface area contributed by atoms with Gasteiger partial charge in [0.1, 0.15) is 0 Å². The highest BCUT2D eigenvalue weighted by atomic mass is 127. The number of ether oxygens (including phenoxy) is 2. The van der Waals surface area contributed by atoms with Crippen molar-refractivity contribution in [2.45, 2.75) is 51.2 Å². The summed E-state index contributed by atoms with van der Waals surface area (Å²) in [6.45, 7) is 6.65. The Kier molecular flexibility index (Phi) is 9.59. The lowest BCUT2D eigenvalue weighted by molar-refractivity contribution is 0.00988. The molecule has 124 valence electrons. The van der Waals surface area contributed by atoms with Gasteiger partial charge in [-0.3, -0.25) is 4.99 Å². The summed E-state index contributed by atoms with van der Waals surface area (Å²) in [4.78, 5) is 7.00. The summed E-state index contributed by atoms with van der Waals surface area (Å²) >= 11 is 0. The molecular weight excluding hydrogens is 381 g/mol. The molecule has 2 aliphatic rings. The Morgan fingerprint density at radius 1 is 1.19 bits per heavy atom. The highest BCUT2D eigenvalue weighted by Gasteiger charge is 2.27. The summed E-state index contributed by atoms with van der Waals surface area (Å²) in [5, 5.41) is 3.55. The molecule has 1 saturated carbocycles. The fraction of sp³-hybridized carbons (Fsp3) is 0.933. The van der Waals surface area contributed by atoms with Crippen molar-refractivity contribution >= 4 is 29.9 Å². The first-order chi connectivity index (χ1) is 9.83. The number of nitrogens with zero attached hydrogens (tertiary/aromatic N) is 2. The normalized spacial score (nSPS) is 20.3. The number of guanidine groups is 1. The van der Waals surface area contributed by atoms with E-state index >= 15 is 0 Å². The first kappa shape index (κ1) is 19.0. The van der Waals surface area contributed by atoms with Crippen LogP contribution < -0.4 is 5.32 Å². The van der Waals surface area contributed by atoms with Gasteiger partial charge in [0.05, 0.1) is 6.10 Å². The van der Waals surface area contributed by atoms with Crippen LogP contribution in [0.1, 0.15) is 39.0 Å². The second-order valence-electron chi connectivity index (χ2n) is 5.62. The molecule has 0 spiro atoms. The molecule has 1 N–H and O–H groups in total. The lowest BCUT2D eigenvalue weighted by atomic mass is 10.1. The lowest BCUT2D eigenvalue weighted by Crippen LogP contribution is -2.47. The number of aliphatic imine (C=N–C) groups is 1. The van der Waals surface area contributed by atoms with E-state index in [1.165, 1.54) is 12.8 Å². The van der Waals surface area contributed by atoms with Crippen LogP contribution in [-0.2, 0) is 9.47 Å². The highest BCUT2D eigenvalue weighted by molar-refractivity contribution is 14.0. The fourth-order valence-corrected chi connectivity index (χ4v) is 2.48. The van der Waals surface area contributed by atoms with Gasteiger partial charge >= 0.3 is 0 Å². The van der Waals surface area contributed by atoms with Gasteiger partial charge in [0.2, 0.25) is 0 Å². The summed E-state index contributed by atoms with van der Waals surface area (Å²) in [5.41, 5.74) is 0. The zero-order chi connectivity index (χ0) is 14.2. The Morgan fingerprint density at radius 3 is 2.48 bits per heavy atom. The van der Waals surface area contributed by atoms with E-state index in [9.17, 15) is 0 Å². The van der Waals surface area contributed by atoms with Crippen LogP contribution in [0.2, 0.25) is 0 Å². The van der Waals surface area contributed by atoms with E-state index in [1.54, 1.807) is 7.11 Å². The smallest absolute Gasteiger partial charge is 0.194 e. The van der Waals surface area contributed by atoms with Crippen LogP contribution in [0.15, 0.2) is 4.99 Å². The second kappa shape index (κ2) is 10.6. The third-order valence-corrected chi connectivity index (χ3v) is 3.81. The van der Waals surface area contributed by atoms with Crippen LogP contribution >= 0.6 is 24.0 Å². The second-order valence-corrected chi connectivity index (χ2v) is 5.62. The van der Waals surface area contributed by atoms with Crippen LogP contribution in [0.3, 0.4) is 0 Å². The number of likely N-dealkylation sites (tertiary alicyclic amines) is 1. The molecule has 0 amide bonds. The van der Waals surface area contributed by atoms with Gasteiger partial charge in [0, 0.05) is 46.0 Å². The topological polar surface area (TPSA) is 46.1 Å². The van der Waals surface area contributed by atoms with Crippen molar-refractivity contribution in [2.24, 2.45) is 4.99 Å². The monoisotopic (exact) mass is 411 g/mol. The number of rotatable bonds is 7. The van der Waals surface area contributed by atoms with E-state index in [-0.39, 0.29) is 24.0 Å². The molecule has 0 aromatic heterocycles. The van der Waals surface area contributed by atoms with E-state index in [4.69, 9.17) is 9.47 Å². The van der Waals surface area contributed by atoms with Gasteiger partial charge in [0.15, 0.2) is 5.96 Å². The molecule has 0 unspecified atom stereocenters. The summed E-state index contributed by atoms with van der Waals surface area (Å²) < 4.78 is 10.9. The quantitative estimate of drug-likeness (QED) is 0.302. The number of piperidine rings is 1. The maximum atomic E-state index is 5.90. The first-order valence-corrected chi connectivity index (χ1v) is 8.00. The maximum absolute atomic E-state index is 5.90. The molecule has 1 heterocycles. The van der Waals surface area contributed by atoms with E-state index in [2.05, 4.69) is 22.1 Å². The van der Waals surface area contributed by atoms with Crippen LogP contribution in [0.25, 0.3) is 0 Å². The molecule has 2 rings (SSSR count). The number of nitrogens with one attached hydrogen (secondary N) is 1. The van der Waals surface area contributed by atoms with Gasteiger partial charge in [-0.15, -0.1) is 24.0 Å². The maximum Gasteiger partial charge on any atom is 0.194 e. The van der Waals surface area contributed by atoms with Crippen molar-refractivity contribution in [1.29, 1.82) is 0 Å². The van der Waals surface area contributed by atoms with Crippen molar-refractivity contribution in [1.82, 2.24) is 10.2 Å². The van der Waals surface area contributed by atoms with Gasteiger partial charge in [-0.1, -0.05) is 0 Å². The Labute approximate surface area is 145 Å². The molecule has 6 heteroatoms. The minimum atomic E-state index is 0. The molecule has 0 aromatic rings. The average Bonchev–Trinajstić information content (AvgIpc) is 3.28. The van der Waals surface area contributed by atoms with Crippen molar-refractivity contribution in [3.05, 3.63) is 0 Å². The van der Waals surface area contributed by atoms with Gasteiger partial charge < -0.3 is 19.7 Å². The van der Waals surface area contributed by atoms with Gasteiger partial charge in [0.25, 0.3) is 0 Å². The largest absolute Gasteiger partial charge is 0.385 e. The number of halogens is 1. The van der Waals surface area contributed by atoms with Crippen LogP contribution in [0, 0.1) is 0 Å². The highest BCUT2D eigenvalue weighted by Crippen LogP contribution is 2.20. The fourth-order valence-electron chi connectivity index (χ4n) is 2.48. The Morgan fingerprint density at radius 2 is 1.90 bits per heavy atom. The number of hydrogen-bond donors (Lipinski definition) is 1. The zero-order valence-corrected chi connectivity index (χ0v) is 15.7. The third kappa shape index (κ3) is 7.15. The summed E-state index contributed by atoms with van der Waals surface area (Å²) in [6.07, 6.45) is 6.18. The third-order valence-electron chi connectivity index (χ3n) is 3.81. The molecule has 0 aromatic carbocycles. The predicted octanol–water partition coefficient (Wildman–Crippen LogP) is 2.25. The number of methoxy groups -OCH3 is 1. The molecular formula is C15H30IN3O2. The van der Waals surface area contributed by atoms with Gasteiger partial charge in [-0.05, 0) is 39.0 Å². The zero-order valence-electron chi connectivity index (χ0n) is 13.3. The molecule has 21 heavy (non-hydrogen) atoms. The molecule has 1 aliphatic carbocycles. The van der Waals surface area contributed by atoms with Gasteiger partial charge in [-0.2, -0.15) is 0 Å². The predicted molar refractivity (Wildman–Crippen MR) is 96.6 cm³/mol. The SMILES string of the molecule is CCN=C(NC1CC1)N1CCC(OCCCOC)CC1.I. The van der Waals surface area contributed by atoms with Crippen LogP contribution in [0.5, 0.6) is 0 Å². The summed E-state index contributed by atoms with van der Waals surface area (Å²) in [5.74, 6) is 1.10. The van der Waals surface area contributed by atoms with E-state index < -0.39 is 0 Å². The van der Waals surface area contributed by atoms with Crippen molar-refractivity contribution < 1.29 is 9.47 Å². The molecule has 0 atom stereocenters. The Bertz CT molecular complexity index is 303. The minimum absolute atomic E-state index is 0. The van der Waals surface area contributed by atoms with Crippen molar-refractivity contribution in [3.8, 4) is 0 Å². The Balaban J connectivity index is 0.00000220. The Hall–Kier alpha value is -0.0800. The lowest BCUT2D eigenvalue weighted by Gasteiger charge is -2.34. The molecule has 0 bridgehead atoms. The van der Waals surface area contributed by atoms with Crippen molar-refractivity contribution in [3.63, 3.8) is 0 Å². The van der Waals surface area contributed by atoms with E-state index in [0.29, 0.717) is 12.1 Å². The van der Waals surface area contributed by atoms with Crippen LogP contribution in [0.4, 0.5) is 0 Å². The average molecular weight is 411 g/mol. The molecule has 1 saturated heterocycles. The number of hydrogen-bond acceptors (Lipinski definition) is 3. The molecule has 5 nitrogen and oxygen atoms in total. The minimum Gasteiger partial charge on any atom is -0.385 e. The van der Waals surface area contributed by atoms with Crippen LogP contribution in [-0.4, -0.2) is 63.0 Å². The van der Waals surface area contributed by atoms with Gasteiger partial charge in [-0.25, -0.2) is 0 Å². The molecule has 1 aliphatic heterocycles. The van der Waals surface area contributed by atoms with E-state index in [1.807, 2.05) is 0 Å². The summed E-state index contributed by atoms with van der Waals surface area (Å²) in [6, 6.07) is 0.670. The standard InChI is InChI=1S/C15H29N3O2.HI/c1-3-16-15(17-13-5-6-13)18-9-7-14(8-10-18)20-12-4-11-19-2;/h13-14H,3-12H2,1-2H3,(H,16,17);1H.